The average Bonchev–Trinajstić information content (AvgIpc) is 3.23. The molecule has 1 aromatic carbocycles. The number of para-hydroxylation sites is 1. The number of carbonyl (C=O) groups excluding carboxylic acids is 1. The van der Waals surface area contributed by atoms with Crippen LogP contribution in [0.5, 0.6) is 0 Å². The highest BCUT2D eigenvalue weighted by molar-refractivity contribution is 9.10. The van der Waals surface area contributed by atoms with E-state index in [1.54, 1.807) is 11.3 Å². The normalized spacial score (nSPS) is 17.3. The summed E-state index contributed by atoms with van der Waals surface area (Å²) in [4.78, 5) is 15.9. The Kier molecular flexibility index (Phi) is 6.43. The summed E-state index contributed by atoms with van der Waals surface area (Å²) in [6.45, 7) is 2.77. The second-order valence-electron chi connectivity index (χ2n) is 5.91. The van der Waals surface area contributed by atoms with Gasteiger partial charge in [-0.25, -0.2) is 0 Å². The molecule has 24 heavy (non-hydrogen) atoms. The Morgan fingerprint density at radius 3 is 2.92 bits per heavy atom. The number of anilines is 1. The largest absolute Gasteiger partial charge is 0.377 e. The van der Waals surface area contributed by atoms with Crippen molar-refractivity contribution < 1.29 is 9.53 Å². The number of ether oxygens (including phenoxy) is 1. The fourth-order valence-electron chi connectivity index (χ4n) is 2.84. The van der Waals surface area contributed by atoms with Crippen LogP contribution in [0.2, 0.25) is 0 Å². The van der Waals surface area contributed by atoms with E-state index >= 15 is 0 Å². The Morgan fingerprint density at radius 1 is 1.33 bits per heavy atom. The van der Waals surface area contributed by atoms with Crippen LogP contribution < -0.4 is 5.32 Å². The molecule has 0 aliphatic carbocycles. The van der Waals surface area contributed by atoms with Crippen molar-refractivity contribution in [2.75, 3.05) is 25.0 Å². The van der Waals surface area contributed by atoms with E-state index < -0.39 is 0 Å². The number of hydrogen-bond donors (Lipinski definition) is 1. The number of nitrogens with zero attached hydrogens (tertiary/aromatic N) is 1. The predicted octanol–water partition coefficient (Wildman–Crippen LogP) is 4.13. The summed E-state index contributed by atoms with van der Waals surface area (Å²) < 4.78 is 6.64. The molecule has 1 aromatic heterocycles. The maximum absolute atomic E-state index is 12.5. The standard InChI is InChI=1S/C18H21BrN2O2S/c19-16-7-1-2-8-17(16)20-18(22)13-21(11-14-5-3-9-23-14)12-15-6-4-10-24-15/h1-2,4,6-8,10,14H,3,5,9,11-13H2,(H,20,22). The van der Waals surface area contributed by atoms with Crippen LogP contribution >= 0.6 is 27.3 Å². The first-order chi connectivity index (χ1) is 11.7. The third-order valence-corrected chi connectivity index (χ3v) is 5.51. The predicted molar refractivity (Wildman–Crippen MR) is 101 cm³/mol. The highest BCUT2D eigenvalue weighted by Gasteiger charge is 2.21. The molecular weight excluding hydrogens is 388 g/mol. The van der Waals surface area contributed by atoms with Gasteiger partial charge in [-0.05, 0) is 52.4 Å². The summed E-state index contributed by atoms with van der Waals surface area (Å²) in [5.41, 5.74) is 0.802. The number of halogens is 1. The lowest BCUT2D eigenvalue weighted by atomic mass is 10.2. The van der Waals surface area contributed by atoms with Crippen molar-refractivity contribution in [3.8, 4) is 0 Å². The van der Waals surface area contributed by atoms with Gasteiger partial charge in [0.05, 0.1) is 18.3 Å². The van der Waals surface area contributed by atoms with Gasteiger partial charge in [0.1, 0.15) is 0 Å². The number of nitrogens with one attached hydrogen (secondary N) is 1. The van der Waals surface area contributed by atoms with E-state index in [-0.39, 0.29) is 12.0 Å². The number of benzene rings is 1. The zero-order chi connectivity index (χ0) is 16.8. The van der Waals surface area contributed by atoms with Crippen LogP contribution in [0.25, 0.3) is 0 Å². The number of rotatable bonds is 7. The van der Waals surface area contributed by atoms with Crippen LogP contribution in [0, 0.1) is 0 Å². The van der Waals surface area contributed by atoms with E-state index in [4.69, 9.17) is 4.74 Å². The molecular formula is C18H21BrN2O2S. The van der Waals surface area contributed by atoms with Gasteiger partial charge in [-0.3, -0.25) is 9.69 Å². The fraction of sp³-hybridized carbons (Fsp3) is 0.389. The van der Waals surface area contributed by atoms with E-state index in [2.05, 4.69) is 37.6 Å². The lowest BCUT2D eigenvalue weighted by Crippen LogP contribution is -2.37. The Bertz CT molecular complexity index is 657. The van der Waals surface area contributed by atoms with Crippen molar-refractivity contribution in [3.63, 3.8) is 0 Å². The first-order valence-corrected chi connectivity index (χ1v) is 9.78. The van der Waals surface area contributed by atoms with E-state index in [9.17, 15) is 4.79 Å². The second-order valence-corrected chi connectivity index (χ2v) is 7.80. The molecule has 3 rings (SSSR count). The summed E-state index contributed by atoms with van der Waals surface area (Å²) in [7, 11) is 0. The van der Waals surface area contributed by atoms with Gasteiger partial charge in [0.15, 0.2) is 0 Å². The molecule has 2 aromatic rings. The van der Waals surface area contributed by atoms with Crippen molar-refractivity contribution in [3.05, 3.63) is 51.1 Å². The lowest BCUT2D eigenvalue weighted by molar-refractivity contribution is -0.117. The first-order valence-electron chi connectivity index (χ1n) is 8.11. The van der Waals surface area contributed by atoms with Gasteiger partial charge in [-0.2, -0.15) is 0 Å². The van der Waals surface area contributed by atoms with Gasteiger partial charge in [-0.15, -0.1) is 11.3 Å². The maximum atomic E-state index is 12.5. The van der Waals surface area contributed by atoms with Crippen LogP contribution in [-0.2, 0) is 16.1 Å². The van der Waals surface area contributed by atoms with E-state index in [1.807, 2.05) is 30.3 Å². The summed E-state index contributed by atoms with van der Waals surface area (Å²) in [5.74, 6) is -0.00328. The van der Waals surface area contributed by atoms with Gasteiger partial charge < -0.3 is 10.1 Å². The molecule has 1 aliphatic heterocycles. The molecule has 1 aliphatic rings. The second kappa shape index (κ2) is 8.76. The first kappa shape index (κ1) is 17.6. The molecule has 6 heteroatoms. The highest BCUT2D eigenvalue weighted by atomic mass is 79.9. The van der Waals surface area contributed by atoms with Gasteiger partial charge in [0.2, 0.25) is 5.91 Å². The fourth-order valence-corrected chi connectivity index (χ4v) is 3.97. The average molecular weight is 409 g/mol. The van der Waals surface area contributed by atoms with Crippen molar-refractivity contribution in [1.29, 1.82) is 0 Å². The van der Waals surface area contributed by atoms with Crippen LogP contribution in [0.4, 0.5) is 5.69 Å². The van der Waals surface area contributed by atoms with Gasteiger partial charge >= 0.3 is 0 Å². The lowest BCUT2D eigenvalue weighted by Gasteiger charge is -2.24. The molecule has 0 radical (unpaired) electrons. The quantitative estimate of drug-likeness (QED) is 0.748. The highest BCUT2D eigenvalue weighted by Crippen LogP contribution is 2.21. The maximum Gasteiger partial charge on any atom is 0.238 e. The van der Waals surface area contributed by atoms with Crippen molar-refractivity contribution >= 4 is 38.9 Å². The monoisotopic (exact) mass is 408 g/mol. The molecule has 0 spiro atoms. The van der Waals surface area contributed by atoms with E-state index in [1.165, 1.54) is 4.88 Å². The Balaban J connectivity index is 1.61. The summed E-state index contributed by atoms with van der Waals surface area (Å²) in [6, 6.07) is 11.8. The Labute approximate surface area is 154 Å². The minimum Gasteiger partial charge on any atom is -0.377 e. The third-order valence-electron chi connectivity index (χ3n) is 3.96. The Morgan fingerprint density at radius 2 is 2.21 bits per heavy atom. The van der Waals surface area contributed by atoms with Crippen LogP contribution in [0.3, 0.4) is 0 Å². The molecule has 1 amide bonds. The minimum absolute atomic E-state index is 0.00328. The molecule has 2 heterocycles. The number of thiophene rings is 1. The van der Waals surface area contributed by atoms with Crippen molar-refractivity contribution in [2.24, 2.45) is 0 Å². The van der Waals surface area contributed by atoms with Crippen LogP contribution in [0.1, 0.15) is 17.7 Å². The van der Waals surface area contributed by atoms with Crippen LogP contribution in [-0.4, -0.2) is 36.6 Å². The molecule has 128 valence electrons. The molecule has 1 saturated heterocycles. The molecule has 1 fully saturated rings. The molecule has 4 nitrogen and oxygen atoms in total. The van der Waals surface area contributed by atoms with E-state index in [0.29, 0.717) is 6.54 Å². The smallest absolute Gasteiger partial charge is 0.238 e. The molecule has 1 N–H and O–H groups in total. The number of carbonyl (C=O) groups is 1. The van der Waals surface area contributed by atoms with Crippen molar-refractivity contribution in [1.82, 2.24) is 4.90 Å². The van der Waals surface area contributed by atoms with Gasteiger partial charge in [-0.1, -0.05) is 18.2 Å². The summed E-state index contributed by atoms with van der Waals surface area (Å²) in [5, 5.41) is 5.05. The zero-order valence-electron chi connectivity index (χ0n) is 13.4. The Hall–Kier alpha value is -1.21. The van der Waals surface area contributed by atoms with Gasteiger partial charge in [0.25, 0.3) is 0 Å². The summed E-state index contributed by atoms with van der Waals surface area (Å²) in [6.07, 6.45) is 2.43. The topological polar surface area (TPSA) is 41.6 Å². The molecule has 1 atom stereocenters. The number of amides is 1. The molecule has 0 saturated carbocycles. The van der Waals surface area contributed by atoms with E-state index in [0.717, 1.165) is 42.7 Å². The summed E-state index contributed by atoms with van der Waals surface area (Å²) >= 11 is 5.18. The van der Waals surface area contributed by atoms with Crippen molar-refractivity contribution in [2.45, 2.75) is 25.5 Å². The molecule has 0 bridgehead atoms. The van der Waals surface area contributed by atoms with Crippen LogP contribution in [0.15, 0.2) is 46.3 Å². The third kappa shape index (κ3) is 5.14. The minimum atomic E-state index is -0.00328. The zero-order valence-corrected chi connectivity index (χ0v) is 15.8. The number of hydrogen-bond acceptors (Lipinski definition) is 4. The van der Waals surface area contributed by atoms with Gasteiger partial charge in [0, 0.05) is 29.0 Å². The molecule has 1 unspecified atom stereocenters. The SMILES string of the molecule is O=C(CN(Cc1cccs1)CC1CCCO1)Nc1ccccc1Br.